The van der Waals surface area contributed by atoms with Gasteiger partial charge in [-0.15, -0.1) is 0 Å². The number of hydrazine groups is 1. The van der Waals surface area contributed by atoms with Gasteiger partial charge in [0.05, 0.1) is 0 Å². The van der Waals surface area contributed by atoms with Gasteiger partial charge in [-0.25, -0.2) is 15.8 Å². The van der Waals surface area contributed by atoms with E-state index < -0.39 is 0 Å². The first-order chi connectivity index (χ1) is 6.36. The van der Waals surface area contributed by atoms with Crippen molar-refractivity contribution in [3.63, 3.8) is 0 Å². The van der Waals surface area contributed by atoms with Gasteiger partial charge in [0.2, 0.25) is 0 Å². The highest BCUT2D eigenvalue weighted by Gasteiger charge is 2.19. The fourth-order valence-corrected chi connectivity index (χ4v) is 1.10. The smallest absolute Gasteiger partial charge is 0.146 e. The molecule has 0 saturated carbocycles. The number of nitrogens with two attached hydrogens (primary N) is 1. The lowest BCUT2D eigenvalue weighted by atomic mass is 9.95. The van der Waals surface area contributed by atoms with Gasteiger partial charge in [-0.1, -0.05) is 20.8 Å². The molecule has 0 unspecified atom stereocenters. The molecule has 0 aromatic carbocycles. The van der Waals surface area contributed by atoms with Crippen LogP contribution in [0, 0.1) is 13.8 Å². The van der Waals surface area contributed by atoms with Crippen molar-refractivity contribution in [3.8, 4) is 0 Å². The third-order valence-corrected chi connectivity index (χ3v) is 2.20. The number of nitrogen functional groups attached to an aromatic ring is 1. The van der Waals surface area contributed by atoms with Gasteiger partial charge in [0.15, 0.2) is 0 Å². The molecule has 1 aromatic rings. The van der Waals surface area contributed by atoms with Crippen molar-refractivity contribution >= 4 is 5.82 Å². The molecule has 0 amide bonds. The molecular weight excluding hydrogens is 176 g/mol. The molecule has 0 fully saturated rings. The fraction of sp³-hybridized carbons (Fsp3) is 0.600. The molecule has 0 radical (unpaired) electrons. The zero-order valence-corrected chi connectivity index (χ0v) is 9.47. The molecule has 0 aliphatic carbocycles. The zero-order valence-electron chi connectivity index (χ0n) is 9.47. The molecule has 3 N–H and O–H groups in total. The Labute approximate surface area is 84.9 Å². The van der Waals surface area contributed by atoms with Crippen LogP contribution in [-0.4, -0.2) is 9.97 Å². The Morgan fingerprint density at radius 2 is 1.71 bits per heavy atom. The van der Waals surface area contributed by atoms with Gasteiger partial charge in [0, 0.05) is 16.7 Å². The van der Waals surface area contributed by atoms with Gasteiger partial charge in [0.25, 0.3) is 0 Å². The maximum Gasteiger partial charge on any atom is 0.146 e. The molecule has 0 aliphatic rings. The van der Waals surface area contributed by atoms with Gasteiger partial charge in [-0.3, -0.25) is 0 Å². The van der Waals surface area contributed by atoms with E-state index in [1.165, 1.54) is 0 Å². The number of nitrogens with zero attached hydrogens (tertiary/aromatic N) is 2. The first kappa shape index (κ1) is 10.9. The van der Waals surface area contributed by atoms with Crippen LogP contribution in [0.4, 0.5) is 5.82 Å². The lowest BCUT2D eigenvalue weighted by Crippen LogP contribution is -2.20. The highest BCUT2D eigenvalue weighted by atomic mass is 15.3. The summed E-state index contributed by atoms with van der Waals surface area (Å²) in [7, 11) is 0. The van der Waals surface area contributed by atoms with Crippen LogP contribution in [0.2, 0.25) is 0 Å². The number of hydrogen-bond donors (Lipinski definition) is 2. The molecule has 1 aromatic heterocycles. The van der Waals surface area contributed by atoms with E-state index in [0.29, 0.717) is 5.82 Å². The third-order valence-electron chi connectivity index (χ3n) is 2.20. The second-order valence-corrected chi connectivity index (χ2v) is 4.50. The monoisotopic (exact) mass is 194 g/mol. The van der Waals surface area contributed by atoms with Gasteiger partial charge in [-0.2, -0.15) is 0 Å². The van der Waals surface area contributed by atoms with Crippen LogP contribution in [0.1, 0.15) is 37.9 Å². The Balaban J connectivity index is 3.30. The minimum Gasteiger partial charge on any atom is -0.308 e. The maximum absolute atomic E-state index is 5.39. The number of aryl methyl sites for hydroxylation is 1. The predicted molar refractivity (Wildman–Crippen MR) is 58.0 cm³/mol. The second kappa shape index (κ2) is 3.53. The lowest BCUT2D eigenvalue weighted by molar-refractivity contribution is 0.543. The SMILES string of the molecule is Cc1nc(C(C)(C)C)nc(NN)c1C. The van der Waals surface area contributed by atoms with E-state index >= 15 is 0 Å². The zero-order chi connectivity index (χ0) is 10.9. The van der Waals surface area contributed by atoms with Crippen LogP contribution >= 0.6 is 0 Å². The van der Waals surface area contributed by atoms with E-state index in [1.807, 2.05) is 13.8 Å². The topological polar surface area (TPSA) is 63.8 Å². The summed E-state index contributed by atoms with van der Waals surface area (Å²) in [6.45, 7) is 10.2. The Kier molecular flexibility index (Phi) is 2.76. The Bertz CT molecular complexity index is 339. The standard InChI is InChI=1S/C10H18N4/c1-6-7(2)12-9(10(3,4)5)13-8(6)14-11/h11H2,1-5H3,(H,12,13,14). The molecular formula is C10H18N4. The highest BCUT2D eigenvalue weighted by Crippen LogP contribution is 2.22. The molecule has 0 spiro atoms. The van der Waals surface area contributed by atoms with Crippen LogP contribution in [0.3, 0.4) is 0 Å². The molecule has 78 valence electrons. The van der Waals surface area contributed by atoms with Crippen molar-refractivity contribution in [3.05, 3.63) is 17.1 Å². The van der Waals surface area contributed by atoms with Gasteiger partial charge in [0.1, 0.15) is 11.6 Å². The highest BCUT2D eigenvalue weighted by molar-refractivity contribution is 5.44. The first-order valence-corrected chi connectivity index (χ1v) is 4.68. The average molecular weight is 194 g/mol. The summed E-state index contributed by atoms with van der Waals surface area (Å²) in [5.41, 5.74) is 4.52. The predicted octanol–water partition coefficient (Wildman–Crippen LogP) is 1.68. The number of rotatable bonds is 1. The molecule has 0 aliphatic heterocycles. The molecule has 0 saturated heterocycles. The number of nitrogens with one attached hydrogen (secondary N) is 1. The van der Waals surface area contributed by atoms with Crippen LogP contribution in [0.5, 0.6) is 0 Å². The van der Waals surface area contributed by atoms with Crippen LogP contribution < -0.4 is 11.3 Å². The summed E-state index contributed by atoms with van der Waals surface area (Å²) in [5, 5.41) is 0. The molecule has 1 rings (SSSR count). The second-order valence-electron chi connectivity index (χ2n) is 4.50. The quantitative estimate of drug-likeness (QED) is 0.527. The summed E-state index contributed by atoms with van der Waals surface area (Å²) in [4.78, 5) is 8.82. The number of aromatic nitrogens is 2. The number of hydrogen-bond acceptors (Lipinski definition) is 4. The van der Waals surface area contributed by atoms with E-state index in [9.17, 15) is 0 Å². The molecule has 4 nitrogen and oxygen atoms in total. The van der Waals surface area contributed by atoms with Crippen molar-refractivity contribution < 1.29 is 0 Å². The van der Waals surface area contributed by atoms with Crippen LogP contribution in [-0.2, 0) is 5.41 Å². The van der Waals surface area contributed by atoms with Crippen LogP contribution in [0.15, 0.2) is 0 Å². The normalized spacial score (nSPS) is 11.6. The van der Waals surface area contributed by atoms with Gasteiger partial charge >= 0.3 is 0 Å². The molecule has 14 heavy (non-hydrogen) atoms. The van der Waals surface area contributed by atoms with Crippen LogP contribution in [0.25, 0.3) is 0 Å². The molecule has 0 atom stereocenters. The van der Waals surface area contributed by atoms with Gasteiger partial charge in [-0.05, 0) is 13.8 Å². The Morgan fingerprint density at radius 1 is 1.14 bits per heavy atom. The van der Waals surface area contributed by atoms with E-state index in [-0.39, 0.29) is 5.41 Å². The largest absolute Gasteiger partial charge is 0.308 e. The van der Waals surface area contributed by atoms with Gasteiger partial charge < -0.3 is 5.43 Å². The maximum atomic E-state index is 5.39. The van der Waals surface area contributed by atoms with E-state index in [0.717, 1.165) is 17.1 Å². The third kappa shape index (κ3) is 2.01. The first-order valence-electron chi connectivity index (χ1n) is 4.68. The molecule has 4 heteroatoms. The van der Waals surface area contributed by atoms with Crippen molar-refractivity contribution in [2.24, 2.45) is 5.84 Å². The summed E-state index contributed by atoms with van der Waals surface area (Å²) in [6, 6.07) is 0. The lowest BCUT2D eigenvalue weighted by Gasteiger charge is -2.19. The van der Waals surface area contributed by atoms with Crippen molar-refractivity contribution in [2.75, 3.05) is 5.43 Å². The number of anilines is 1. The minimum atomic E-state index is -0.0515. The minimum absolute atomic E-state index is 0.0515. The average Bonchev–Trinajstić information content (AvgIpc) is 2.07. The summed E-state index contributed by atoms with van der Waals surface area (Å²) in [6.07, 6.45) is 0. The van der Waals surface area contributed by atoms with E-state index in [1.54, 1.807) is 0 Å². The van der Waals surface area contributed by atoms with E-state index in [2.05, 4.69) is 36.2 Å². The summed E-state index contributed by atoms with van der Waals surface area (Å²) >= 11 is 0. The summed E-state index contributed by atoms with van der Waals surface area (Å²) in [5.74, 6) is 6.92. The summed E-state index contributed by atoms with van der Waals surface area (Å²) < 4.78 is 0. The van der Waals surface area contributed by atoms with Crippen molar-refractivity contribution in [2.45, 2.75) is 40.0 Å². The molecule has 1 heterocycles. The fourth-order valence-electron chi connectivity index (χ4n) is 1.10. The Hall–Kier alpha value is -1.16. The van der Waals surface area contributed by atoms with Crippen molar-refractivity contribution in [1.29, 1.82) is 0 Å². The Morgan fingerprint density at radius 3 is 2.14 bits per heavy atom. The molecule has 0 bridgehead atoms. The van der Waals surface area contributed by atoms with Crippen molar-refractivity contribution in [1.82, 2.24) is 9.97 Å². The van der Waals surface area contributed by atoms with E-state index in [4.69, 9.17) is 5.84 Å².